The van der Waals surface area contributed by atoms with E-state index in [0.717, 1.165) is 25.2 Å². The van der Waals surface area contributed by atoms with E-state index in [-0.39, 0.29) is 0 Å². The Hall–Kier alpha value is -1.44. The van der Waals surface area contributed by atoms with Gasteiger partial charge in [0.15, 0.2) is 0 Å². The molecular formula is C18H30N2. The largest absolute Gasteiger partial charge is 0.372 e. The van der Waals surface area contributed by atoms with Gasteiger partial charge in [0.1, 0.15) is 0 Å². The van der Waals surface area contributed by atoms with Crippen molar-refractivity contribution in [1.29, 1.82) is 0 Å². The smallest absolute Gasteiger partial charge is 0.0442 e. The molecule has 0 saturated carbocycles. The second-order valence-corrected chi connectivity index (χ2v) is 5.52. The van der Waals surface area contributed by atoms with E-state index in [1.165, 1.54) is 35.3 Å². The number of nitrogens with one attached hydrogen (secondary N) is 1. The van der Waals surface area contributed by atoms with Crippen molar-refractivity contribution in [2.75, 3.05) is 23.3 Å². The predicted octanol–water partition coefficient (Wildman–Crippen LogP) is 5.27. The van der Waals surface area contributed by atoms with Crippen molar-refractivity contribution in [3.63, 3.8) is 0 Å². The molecule has 0 aliphatic rings. The molecule has 1 rings (SSSR count). The van der Waals surface area contributed by atoms with Gasteiger partial charge in [0, 0.05) is 30.2 Å². The molecule has 2 heteroatoms. The number of aryl methyl sites for hydroxylation is 2. The van der Waals surface area contributed by atoms with Crippen molar-refractivity contribution in [2.45, 2.75) is 53.9 Å². The fraction of sp³-hybridized carbons (Fsp3) is 0.556. The van der Waals surface area contributed by atoms with Crippen LogP contribution < -0.4 is 10.2 Å². The van der Waals surface area contributed by atoms with Gasteiger partial charge >= 0.3 is 0 Å². The van der Waals surface area contributed by atoms with Gasteiger partial charge in [-0.3, -0.25) is 0 Å². The van der Waals surface area contributed by atoms with E-state index in [4.69, 9.17) is 0 Å². The van der Waals surface area contributed by atoms with Crippen LogP contribution >= 0.6 is 0 Å². The van der Waals surface area contributed by atoms with Crippen LogP contribution in [0.2, 0.25) is 0 Å². The maximum Gasteiger partial charge on any atom is 0.0442 e. The van der Waals surface area contributed by atoms with Crippen molar-refractivity contribution in [2.24, 2.45) is 0 Å². The summed E-state index contributed by atoms with van der Waals surface area (Å²) in [6.07, 6.45) is 3.33. The molecule has 112 valence electrons. The first-order chi connectivity index (χ1) is 9.53. The lowest BCUT2D eigenvalue weighted by Crippen LogP contribution is -2.25. The molecule has 0 aliphatic heterocycles. The van der Waals surface area contributed by atoms with Gasteiger partial charge in [-0.25, -0.2) is 0 Å². The summed E-state index contributed by atoms with van der Waals surface area (Å²) in [6, 6.07) is 4.59. The van der Waals surface area contributed by atoms with Crippen molar-refractivity contribution >= 4 is 11.4 Å². The molecule has 1 N–H and O–H groups in total. The van der Waals surface area contributed by atoms with Crippen LogP contribution in [0.4, 0.5) is 11.4 Å². The Balaban J connectivity index is 3.04. The minimum absolute atomic E-state index is 0.957. The Kier molecular flexibility index (Phi) is 6.63. The summed E-state index contributed by atoms with van der Waals surface area (Å²) < 4.78 is 0. The summed E-state index contributed by atoms with van der Waals surface area (Å²) in [5.41, 5.74) is 6.23. The molecule has 20 heavy (non-hydrogen) atoms. The zero-order valence-electron chi connectivity index (χ0n) is 13.8. The number of allylic oxidation sites excluding steroid dienone is 1. The lowest BCUT2D eigenvalue weighted by atomic mass is 10.1. The summed E-state index contributed by atoms with van der Waals surface area (Å²) >= 11 is 0. The molecule has 0 bridgehead atoms. The first-order valence-corrected chi connectivity index (χ1v) is 7.84. The minimum atomic E-state index is 0.957. The highest BCUT2D eigenvalue weighted by Crippen LogP contribution is 2.28. The molecule has 1 aromatic carbocycles. The Labute approximate surface area is 124 Å². The highest BCUT2D eigenvalue weighted by atomic mass is 15.1. The minimum Gasteiger partial charge on any atom is -0.372 e. The summed E-state index contributed by atoms with van der Waals surface area (Å²) in [5.74, 6) is 0. The van der Waals surface area contributed by atoms with Crippen molar-refractivity contribution in [1.82, 2.24) is 0 Å². The third kappa shape index (κ3) is 4.29. The van der Waals surface area contributed by atoms with E-state index in [0.29, 0.717) is 0 Å². The third-order valence-electron chi connectivity index (χ3n) is 3.60. The van der Waals surface area contributed by atoms with Gasteiger partial charge in [-0.05, 0) is 56.4 Å². The van der Waals surface area contributed by atoms with Gasteiger partial charge < -0.3 is 10.2 Å². The summed E-state index contributed by atoms with van der Waals surface area (Å²) in [7, 11) is 0. The van der Waals surface area contributed by atoms with Crippen molar-refractivity contribution in [3.8, 4) is 0 Å². The normalized spacial score (nSPS) is 10.4. The Bertz CT molecular complexity index is 420. The number of rotatable bonds is 8. The zero-order chi connectivity index (χ0) is 15.1. The van der Waals surface area contributed by atoms with E-state index >= 15 is 0 Å². The molecule has 0 aromatic heterocycles. The van der Waals surface area contributed by atoms with Gasteiger partial charge in [-0.1, -0.05) is 27.4 Å². The molecular weight excluding hydrogens is 244 g/mol. The van der Waals surface area contributed by atoms with Crippen LogP contribution in [0.5, 0.6) is 0 Å². The van der Waals surface area contributed by atoms with Crippen LogP contribution in [0.1, 0.15) is 51.2 Å². The van der Waals surface area contributed by atoms with Crippen molar-refractivity contribution in [3.05, 3.63) is 35.5 Å². The number of hydrogen-bond acceptors (Lipinski definition) is 2. The fourth-order valence-corrected chi connectivity index (χ4v) is 2.50. The van der Waals surface area contributed by atoms with Crippen LogP contribution in [-0.4, -0.2) is 13.1 Å². The second kappa shape index (κ2) is 7.98. The van der Waals surface area contributed by atoms with E-state index in [1.807, 2.05) is 0 Å². The van der Waals surface area contributed by atoms with Crippen LogP contribution in [0.25, 0.3) is 0 Å². The molecule has 0 aliphatic carbocycles. The Morgan fingerprint density at radius 2 is 1.55 bits per heavy atom. The highest BCUT2D eigenvalue weighted by molar-refractivity contribution is 5.66. The molecule has 0 amide bonds. The van der Waals surface area contributed by atoms with Gasteiger partial charge in [-0.2, -0.15) is 0 Å². The van der Waals surface area contributed by atoms with E-state index in [9.17, 15) is 0 Å². The molecule has 0 atom stereocenters. The standard InChI is InChI=1S/C18H30N2/c1-7-10-20(11-8-2)17-12-14(4)18(15(5)13-17)19-16(6)9-3/h12-13,19H,6-11H2,1-5H3. The Morgan fingerprint density at radius 3 is 1.95 bits per heavy atom. The summed E-state index contributed by atoms with van der Waals surface area (Å²) in [4.78, 5) is 2.48. The Morgan fingerprint density at radius 1 is 1.05 bits per heavy atom. The van der Waals surface area contributed by atoms with Crippen molar-refractivity contribution < 1.29 is 0 Å². The quantitative estimate of drug-likeness (QED) is 0.695. The van der Waals surface area contributed by atoms with Gasteiger partial charge in [-0.15, -0.1) is 0 Å². The molecule has 0 radical (unpaired) electrons. The van der Waals surface area contributed by atoms with Crippen LogP contribution in [0.15, 0.2) is 24.4 Å². The predicted molar refractivity (Wildman–Crippen MR) is 91.8 cm³/mol. The molecule has 0 unspecified atom stereocenters. The maximum atomic E-state index is 4.05. The third-order valence-corrected chi connectivity index (χ3v) is 3.60. The number of hydrogen-bond donors (Lipinski definition) is 1. The van der Waals surface area contributed by atoms with E-state index in [2.05, 4.69) is 63.5 Å². The molecule has 1 aromatic rings. The second-order valence-electron chi connectivity index (χ2n) is 5.52. The molecule has 0 fully saturated rings. The van der Waals surface area contributed by atoms with E-state index < -0.39 is 0 Å². The van der Waals surface area contributed by atoms with Crippen LogP contribution in [-0.2, 0) is 0 Å². The number of anilines is 2. The first-order valence-electron chi connectivity index (χ1n) is 7.84. The van der Waals surface area contributed by atoms with Crippen LogP contribution in [0.3, 0.4) is 0 Å². The molecule has 0 saturated heterocycles. The monoisotopic (exact) mass is 274 g/mol. The first kappa shape index (κ1) is 16.6. The molecule has 2 nitrogen and oxygen atoms in total. The average molecular weight is 274 g/mol. The zero-order valence-corrected chi connectivity index (χ0v) is 13.8. The fourth-order valence-electron chi connectivity index (χ4n) is 2.50. The lowest BCUT2D eigenvalue weighted by Gasteiger charge is -2.26. The maximum absolute atomic E-state index is 4.05. The van der Waals surface area contributed by atoms with Gasteiger partial charge in [0.2, 0.25) is 0 Å². The highest BCUT2D eigenvalue weighted by Gasteiger charge is 2.10. The topological polar surface area (TPSA) is 15.3 Å². The van der Waals surface area contributed by atoms with Gasteiger partial charge in [0.05, 0.1) is 0 Å². The summed E-state index contributed by atoms with van der Waals surface area (Å²) in [5, 5.41) is 3.45. The number of benzene rings is 1. The lowest BCUT2D eigenvalue weighted by molar-refractivity contribution is 0.744. The summed E-state index contributed by atoms with van der Waals surface area (Å²) in [6.45, 7) is 17.3. The van der Waals surface area contributed by atoms with Gasteiger partial charge in [0.25, 0.3) is 0 Å². The SMILES string of the molecule is C=C(CC)Nc1c(C)cc(N(CCC)CCC)cc1C. The molecule has 0 heterocycles. The number of nitrogens with zero attached hydrogens (tertiary/aromatic N) is 1. The van der Waals surface area contributed by atoms with E-state index in [1.54, 1.807) is 0 Å². The average Bonchev–Trinajstić information content (AvgIpc) is 2.42. The van der Waals surface area contributed by atoms with Crippen LogP contribution in [0, 0.1) is 13.8 Å². The molecule has 0 spiro atoms.